The summed E-state index contributed by atoms with van der Waals surface area (Å²) in [5, 5.41) is 0. The molecule has 0 fully saturated rings. The standard InChI is InChI=1S/C12H17NO3/c1-8(2)16-12(14)11(13)9-4-6-10(15-3)7-5-9/h4-8,11H,13H2,1-3H3. The van der Waals surface area contributed by atoms with E-state index in [9.17, 15) is 4.79 Å². The summed E-state index contributed by atoms with van der Waals surface area (Å²) in [6.45, 7) is 3.58. The second-order valence-electron chi connectivity index (χ2n) is 3.74. The van der Waals surface area contributed by atoms with Gasteiger partial charge in [0.2, 0.25) is 0 Å². The van der Waals surface area contributed by atoms with Gasteiger partial charge in [-0.05, 0) is 31.5 Å². The molecule has 16 heavy (non-hydrogen) atoms. The highest BCUT2D eigenvalue weighted by Gasteiger charge is 2.18. The highest BCUT2D eigenvalue weighted by molar-refractivity contribution is 5.77. The summed E-state index contributed by atoms with van der Waals surface area (Å²) in [6, 6.07) is 6.29. The Morgan fingerprint density at radius 3 is 2.25 bits per heavy atom. The molecule has 0 radical (unpaired) electrons. The Labute approximate surface area is 95.3 Å². The summed E-state index contributed by atoms with van der Waals surface area (Å²) in [5.41, 5.74) is 6.48. The van der Waals surface area contributed by atoms with Gasteiger partial charge in [0.25, 0.3) is 0 Å². The van der Waals surface area contributed by atoms with Gasteiger partial charge < -0.3 is 15.2 Å². The third-order valence-electron chi connectivity index (χ3n) is 2.08. The molecular weight excluding hydrogens is 206 g/mol. The Bertz CT molecular complexity index is 346. The fraction of sp³-hybridized carbons (Fsp3) is 0.417. The van der Waals surface area contributed by atoms with E-state index in [-0.39, 0.29) is 6.10 Å². The van der Waals surface area contributed by atoms with Crippen LogP contribution in [0.1, 0.15) is 25.5 Å². The molecule has 1 unspecified atom stereocenters. The molecule has 0 aliphatic rings. The van der Waals surface area contributed by atoms with E-state index in [4.69, 9.17) is 15.2 Å². The second kappa shape index (κ2) is 5.51. The van der Waals surface area contributed by atoms with Crippen LogP contribution in [0, 0.1) is 0 Å². The minimum absolute atomic E-state index is 0.156. The first-order valence-electron chi connectivity index (χ1n) is 5.14. The van der Waals surface area contributed by atoms with Crippen LogP contribution in [0.5, 0.6) is 5.75 Å². The molecule has 0 aromatic heterocycles. The molecule has 0 aliphatic heterocycles. The highest BCUT2D eigenvalue weighted by Crippen LogP contribution is 2.17. The summed E-state index contributed by atoms with van der Waals surface area (Å²) in [6.07, 6.45) is -0.156. The SMILES string of the molecule is COc1ccc(C(N)C(=O)OC(C)C)cc1. The van der Waals surface area contributed by atoms with Crippen molar-refractivity contribution in [3.8, 4) is 5.75 Å². The maximum absolute atomic E-state index is 11.5. The number of carbonyl (C=O) groups is 1. The van der Waals surface area contributed by atoms with Crippen molar-refractivity contribution in [1.82, 2.24) is 0 Å². The number of methoxy groups -OCH3 is 1. The van der Waals surface area contributed by atoms with Crippen molar-refractivity contribution in [2.75, 3.05) is 7.11 Å². The molecule has 4 nitrogen and oxygen atoms in total. The van der Waals surface area contributed by atoms with E-state index in [1.54, 1.807) is 45.2 Å². The normalized spacial score (nSPS) is 12.3. The zero-order chi connectivity index (χ0) is 12.1. The number of ether oxygens (including phenoxy) is 2. The van der Waals surface area contributed by atoms with Gasteiger partial charge in [0.1, 0.15) is 11.8 Å². The first-order chi connectivity index (χ1) is 7.54. The van der Waals surface area contributed by atoms with Crippen LogP contribution in [-0.2, 0) is 9.53 Å². The molecule has 0 saturated heterocycles. The van der Waals surface area contributed by atoms with Crippen LogP contribution in [-0.4, -0.2) is 19.2 Å². The number of hydrogen-bond donors (Lipinski definition) is 1. The first kappa shape index (κ1) is 12.5. The summed E-state index contributed by atoms with van der Waals surface area (Å²) in [5.74, 6) is 0.313. The molecule has 1 aromatic carbocycles. The molecule has 2 N–H and O–H groups in total. The summed E-state index contributed by atoms with van der Waals surface area (Å²) in [7, 11) is 1.59. The second-order valence-corrected chi connectivity index (χ2v) is 3.74. The number of hydrogen-bond acceptors (Lipinski definition) is 4. The third-order valence-corrected chi connectivity index (χ3v) is 2.08. The number of esters is 1. The van der Waals surface area contributed by atoms with Crippen LogP contribution in [0.15, 0.2) is 24.3 Å². The van der Waals surface area contributed by atoms with Crippen molar-refractivity contribution in [2.24, 2.45) is 5.73 Å². The van der Waals surface area contributed by atoms with Gasteiger partial charge in [-0.2, -0.15) is 0 Å². The van der Waals surface area contributed by atoms with E-state index >= 15 is 0 Å². The van der Waals surface area contributed by atoms with Crippen LogP contribution < -0.4 is 10.5 Å². The topological polar surface area (TPSA) is 61.5 Å². The fourth-order valence-corrected chi connectivity index (χ4v) is 1.25. The van der Waals surface area contributed by atoms with Crippen molar-refractivity contribution >= 4 is 5.97 Å². The Morgan fingerprint density at radius 2 is 1.81 bits per heavy atom. The summed E-state index contributed by atoms with van der Waals surface area (Å²) >= 11 is 0. The maximum Gasteiger partial charge on any atom is 0.327 e. The lowest BCUT2D eigenvalue weighted by molar-refractivity contribution is -0.149. The minimum Gasteiger partial charge on any atom is -0.497 e. The van der Waals surface area contributed by atoms with E-state index in [0.29, 0.717) is 5.56 Å². The van der Waals surface area contributed by atoms with Gasteiger partial charge in [0, 0.05) is 0 Å². The molecule has 1 atom stereocenters. The average molecular weight is 223 g/mol. The smallest absolute Gasteiger partial charge is 0.327 e. The van der Waals surface area contributed by atoms with Gasteiger partial charge in [-0.3, -0.25) is 0 Å². The Hall–Kier alpha value is -1.55. The zero-order valence-corrected chi connectivity index (χ0v) is 9.77. The van der Waals surface area contributed by atoms with Gasteiger partial charge in [-0.15, -0.1) is 0 Å². The molecule has 0 spiro atoms. The fourth-order valence-electron chi connectivity index (χ4n) is 1.25. The first-order valence-corrected chi connectivity index (χ1v) is 5.14. The molecule has 0 saturated carbocycles. The van der Waals surface area contributed by atoms with E-state index in [1.165, 1.54) is 0 Å². The van der Waals surface area contributed by atoms with Gasteiger partial charge in [0.05, 0.1) is 13.2 Å². The molecule has 88 valence electrons. The quantitative estimate of drug-likeness (QED) is 0.788. The van der Waals surface area contributed by atoms with Crippen LogP contribution in [0.25, 0.3) is 0 Å². The molecule has 1 aromatic rings. The van der Waals surface area contributed by atoms with Crippen LogP contribution in [0.4, 0.5) is 0 Å². The third kappa shape index (κ3) is 3.24. The summed E-state index contributed by atoms with van der Waals surface area (Å²) < 4.78 is 10.0. The van der Waals surface area contributed by atoms with Crippen LogP contribution in [0.3, 0.4) is 0 Å². The zero-order valence-electron chi connectivity index (χ0n) is 9.77. The van der Waals surface area contributed by atoms with Crippen molar-refractivity contribution in [1.29, 1.82) is 0 Å². The maximum atomic E-state index is 11.5. The number of nitrogens with two attached hydrogens (primary N) is 1. The van der Waals surface area contributed by atoms with Gasteiger partial charge >= 0.3 is 5.97 Å². The van der Waals surface area contributed by atoms with Crippen molar-refractivity contribution in [3.63, 3.8) is 0 Å². The lowest BCUT2D eigenvalue weighted by Crippen LogP contribution is -2.26. The molecule has 0 bridgehead atoms. The van der Waals surface area contributed by atoms with Gasteiger partial charge in [-0.25, -0.2) is 4.79 Å². The highest BCUT2D eigenvalue weighted by atomic mass is 16.5. The Kier molecular flexibility index (Phi) is 4.31. The van der Waals surface area contributed by atoms with E-state index in [0.717, 1.165) is 5.75 Å². The monoisotopic (exact) mass is 223 g/mol. The molecular formula is C12H17NO3. The number of rotatable bonds is 4. The Morgan fingerprint density at radius 1 is 1.25 bits per heavy atom. The molecule has 1 rings (SSSR count). The van der Waals surface area contributed by atoms with Crippen LogP contribution >= 0.6 is 0 Å². The van der Waals surface area contributed by atoms with E-state index in [2.05, 4.69) is 0 Å². The average Bonchev–Trinajstić information content (AvgIpc) is 2.27. The minimum atomic E-state index is -0.742. The molecule has 4 heteroatoms. The molecule has 0 amide bonds. The van der Waals surface area contributed by atoms with Crippen LogP contribution in [0.2, 0.25) is 0 Å². The Balaban J connectivity index is 2.72. The van der Waals surface area contributed by atoms with E-state index < -0.39 is 12.0 Å². The predicted molar refractivity (Wildman–Crippen MR) is 61.2 cm³/mol. The lowest BCUT2D eigenvalue weighted by Gasteiger charge is -2.14. The number of carbonyl (C=O) groups excluding carboxylic acids is 1. The lowest BCUT2D eigenvalue weighted by atomic mass is 10.1. The van der Waals surface area contributed by atoms with Gasteiger partial charge in [0.15, 0.2) is 0 Å². The summed E-state index contributed by atoms with van der Waals surface area (Å²) in [4.78, 5) is 11.5. The molecule has 0 aliphatic carbocycles. The van der Waals surface area contributed by atoms with Crippen molar-refractivity contribution < 1.29 is 14.3 Å². The number of benzene rings is 1. The van der Waals surface area contributed by atoms with Crippen molar-refractivity contribution in [2.45, 2.75) is 26.0 Å². The van der Waals surface area contributed by atoms with Gasteiger partial charge in [-0.1, -0.05) is 12.1 Å². The largest absolute Gasteiger partial charge is 0.497 e. The predicted octanol–water partition coefficient (Wildman–Crippen LogP) is 1.65. The molecule has 0 heterocycles. The van der Waals surface area contributed by atoms with E-state index in [1.807, 2.05) is 0 Å². The van der Waals surface area contributed by atoms with Crippen molar-refractivity contribution in [3.05, 3.63) is 29.8 Å².